The second-order valence-corrected chi connectivity index (χ2v) is 8.38. The first kappa shape index (κ1) is 21.5. The molecule has 0 amide bonds. The average Bonchev–Trinajstić information content (AvgIpc) is 3.18. The van der Waals surface area contributed by atoms with Crippen molar-refractivity contribution in [1.82, 2.24) is 15.2 Å². The van der Waals surface area contributed by atoms with Gasteiger partial charge in [-0.2, -0.15) is 0 Å². The fraction of sp³-hybridized carbons (Fsp3) is 0.778. The van der Waals surface area contributed by atoms with Gasteiger partial charge in [-0.3, -0.25) is 4.99 Å². The lowest BCUT2D eigenvalue weighted by Crippen LogP contribution is -2.47. The Labute approximate surface area is 165 Å². The number of methoxy groups -OCH3 is 1. The Balaban J connectivity index is 1.66. The molecular formula is C18H32N4O2S2. The zero-order chi connectivity index (χ0) is 18.5. The molecule has 8 heteroatoms. The summed E-state index contributed by atoms with van der Waals surface area (Å²) in [6.45, 7) is 7.47. The predicted molar refractivity (Wildman–Crippen MR) is 110 cm³/mol. The van der Waals surface area contributed by atoms with Crippen LogP contribution in [-0.4, -0.2) is 74.2 Å². The molecule has 0 bridgehead atoms. The molecular weight excluding hydrogens is 368 g/mol. The number of hydrogen-bond acceptors (Lipinski definition) is 6. The maximum Gasteiger partial charge on any atom is 0.193 e. The number of nitrogens with one attached hydrogen (secondary N) is 1. The van der Waals surface area contributed by atoms with E-state index in [1.807, 2.05) is 23.3 Å². The third-order valence-corrected chi connectivity index (χ3v) is 6.17. The van der Waals surface area contributed by atoms with E-state index in [1.54, 1.807) is 18.4 Å². The first-order valence-electron chi connectivity index (χ1n) is 9.49. The summed E-state index contributed by atoms with van der Waals surface area (Å²) < 4.78 is 12.2. The Bertz CT molecular complexity index is 491. The van der Waals surface area contributed by atoms with Crippen molar-refractivity contribution in [3.05, 3.63) is 11.6 Å². The molecule has 148 valence electrons. The summed E-state index contributed by atoms with van der Waals surface area (Å²) >= 11 is 3.52. The van der Waals surface area contributed by atoms with E-state index in [9.17, 15) is 0 Å². The smallest absolute Gasteiger partial charge is 0.193 e. The second-order valence-electron chi connectivity index (χ2n) is 6.14. The molecule has 0 saturated carbocycles. The molecule has 6 nitrogen and oxygen atoms in total. The van der Waals surface area contributed by atoms with Crippen molar-refractivity contribution in [3.8, 4) is 0 Å². The summed E-state index contributed by atoms with van der Waals surface area (Å²) in [6, 6.07) is 0. The number of nitrogens with zero attached hydrogens (tertiary/aromatic N) is 3. The summed E-state index contributed by atoms with van der Waals surface area (Å²) in [7, 11) is 1.73. The van der Waals surface area contributed by atoms with E-state index in [4.69, 9.17) is 14.5 Å². The van der Waals surface area contributed by atoms with Crippen LogP contribution in [0.15, 0.2) is 20.9 Å². The molecule has 0 aliphatic carbocycles. The number of guanidine groups is 1. The van der Waals surface area contributed by atoms with E-state index in [-0.39, 0.29) is 0 Å². The highest BCUT2D eigenvalue weighted by Gasteiger charge is 2.21. The number of thioether (sulfide) groups is 1. The molecule has 0 spiro atoms. The van der Waals surface area contributed by atoms with Crippen LogP contribution in [0.3, 0.4) is 0 Å². The van der Waals surface area contributed by atoms with E-state index in [1.165, 1.54) is 0 Å². The maximum atomic E-state index is 5.95. The fourth-order valence-corrected chi connectivity index (χ4v) is 4.44. The van der Waals surface area contributed by atoms with Gasteiger partial charge in [0.2, 0.25) is 0 Å². The van der Waals surface area contributed by atoms with Gasteiger partial charge < -0.3 is 19.7 Å². The van der Waals surface area contributed by atoms with Crippen LogP contribution in [0.1, 0.15) is 32.6 Å². The lowest BCUT2D eigenvalue weighted by molar-refractivity contribution is 0.00991. The molecule has 1 N–H and O–H groups in total. The van der Waals surface area contributed by atoms with E-state index in [0.717, 1.165) is 81.1 Å². The number of aromatic nitrogens is 1. The van der Waals surface area contributed by atoms with Crippen molar-refractivity contribution < 1.29 is 9.47 Å². The molecule has 1 aliphatic rings. The van der Waals surface area contributed by atoms with Crippen LogP contribution in [0, 0.1) is 0 Å². The van der Waals surface area contributed by atoms with E-state index in [2.05, 4.69) is 22.1 Å². The van der Waals surface area contributed by atoms with E-state index < -0.39 is 0 Å². The summed E-state index contributed by atoms with van der Waals surface area (Å²) in [5.41, 5.74) is 0. The van der Waals surface area contributed by atoms with Crippen LogP contribution >= 0.6 is 23.1 Å². The first-order valence-corrected chi connectivity index (χ1v) is 11.4. The molecule has 1 aromatic rings. The van der Waals surface area contributed by atoms with Gasteiger partial charge in [-0.05, 0) is 32.6 Å². The molecule has 26 heavy (non-hydrogen) atoms. The normalized spacial score (nSPS) is 16.2. The minimum absolute atomic E-state index is 0.376. The predicted octanol–water partition coefficient (Wildman–Crippen LogP) is 3.11. The molecule has 2 heterocycles. The Morgan fingerprint density at radius 3 is 2.92 bits per heavy atom. The number of thiazole rings is 1. The third-order valence-electron chi connectivity index (χ3n) is 4.12. The number of aliphatic imine (C=N–C) groups is 1. The number of hydrogen-bond donors (Lipinski definition) is 1. The lowest BCUT2D eigenvalue weighted by atomic mass is 10.1. The van der Waals surface area contributed by atoms with Crippen LogP contribution in [0.5, 0.6) is 0 Å². The zero-order valence-electron chi connectivity index (χ0n) is 16.0. The molecule has 1 saturated heterocycles. The van der Waals surface area contributed by atoms with Crippen molar-refractivity contribution in [1.29, 1.82) is 0 Å². The Hall–Kier alpha value is -0.830. The van der Waals surface area contributed by atoms with Gasteiger partial charge in [-0.25, -0.2) is 4.98 Å². The standard InChI is InChI=1S/C18H32N4O2S2/c1-3-19-17(20-8-4-14-25-18-21-9-15-26-18)22-10-6-16(7-11-22)24-13-5-12-23-2/h9,15-16H,3-8,10-14H2,1-2H3,(H,19,20). The van der Waals surface area contributed by atoms with Gasteiger partial charge in [0.15, 0.2) is 5.96 Å². The molecule has 0 aromatic carbocycles. The SMILES string of the molecule is CCNC(=NCCCSc1nccs1)N1CCC(OCCCOC)CC1. The van der Waals surface area contributed by atoms with Crippen LogP contribution in [0.25, 0.3) is 0 Å². The Morgan fingerprint density at radius 1 is 1.38 bits per heavy atom. The van der Waals surface area contributed by atoms with E-state index in [0.29, 0.717) is 6.10 Å². The van der Waals surface area contributed by atoms with Crippen molar-refractivity contribution in [2.45, 2.75) is 43.1 Å². The Kier molecular flexibility index (Phi) is 11.0. The van der Waals surface area contributed by atoms with Gasteiger partial charge in [-0.15, -0.1) is 11.3 Å². The Morgan fingerprint density at radius 2 is 2.23 bits per heavy atom. The fourth-order valence-electron chi connectivity index (χ4n) is 2.80. The molecule has 1 aliphatic heterocycles. The van der Waals surface area contributed by atoms with Crippen LogP contribution in [0.2, 0.25) is 0 Å². The first-order chi connectivity index (χ1) is 12.8. The largest absolute Gasteiger partial charge is 0.385 e. The monoisotopic (exact) mass is 400 g/mol. The van der Waals surface area contributed by atoms with Crippen LogP contribution < -0.4 is 5.32 Å². The molecule has 0 atom stereocenters. The molecule has 0 unspecified atom stereocenters. The molecule has 1 aromatic heterocycles. The van der Waals surface area contributed by atoms with Crippen molar-refractivity contribution >= 4 is 29.1 Å². The van der Waals surface area contributed by atoms with Gasteiger partial charge in [0.1, 0.15) is 4.34 Å². The summed E-state index contributed by atoms with van der Waals surface area (Å²) in [6.07, 6.45) is 6.41. The number of ether oxygens (including phenoxy) is 2. The minimum atomic E-state index is 0.376. The highest BCUT2D eigenvalue weighted by molar-refractivity contribution is 8.00. The number of likely N-dealkylation sites (tertiary alicyclic amines) is 1. The van der Waals surface area contributed by atoms with Crippen molar-refractivity contribution in [2.75, 3.05) is 52.3 Å². The van der Waals surface area contributed by atoms with Crippen LogP contribution in [0.4, 0.5) is 0 Å². The number of rotatable bonds is 11. The lowest BCUT2D eigenvalue weighted by Gasteiger charge is -2.34. The summed E-state index contributed by atoms with van der Waals surface area (Å²) in [5, 5.41) is 5.46. The zero-order valence-corrected chi connectivity index (χ0v) is 17.6. The number of piperidine rings is 1. The van der Waals surface area contributed by atoms with Gasteiger partial charge in [0, 0.05) is 63.8 Å². The van der Waals surface area contributed by atoms with Gasteiger partial charge >= 0.3 is 0 Å². The summed E-state index contributed by atoms with van der Waals surface area (Å²) in [5.74, 6) is 2.11. The average molecular weight is 401 g/mol. The minimum Gasteiger partial charge on any atom is -0.385 e. The molecule has 2 rings (SSSR count). The highest BCUT2D eigenvalue weighted by Crippen LogP contribution is 2.20. The topological polar surface area (TPSA) is 59.0 Å². The third kappa shape index (κ3) is 8.24. The van der Waals surface area contributed by atoms with E-state index >= 15 is 0 Å². The quantitative estimate of drug-likeness (QED) is 0.267. The highest BCUT2D eigenvalue weighted by atomic mass is 32.2. The second kappa shape index (κ2) is 13.4. The summed E-state index contributed by atoms with van der Waals surface area (Å²) in [4.78, 5) is 11.5. The van der Waals surface area contributed by atoms with Crippen molar-refractivity contribution in [2.24, 2.45) is 4.99 Å². The molecule has 1 fully saturated rings. The maximum absolute atomic E-state index is 5.95. The van der Waals surface area contributed by atoms with Crippen molar-refractivity contribution in [3.63, 3.8) is 0 Å². The van der Waals surface area contributed by atoms with Crippen LogP contribution in [-0.2, 0) is 9.47 Å². The van der Waals surface area contributed by atoms with Gasteiger partial charge in [-0.1, -0.05) is 11.8 Å². The van der Waals surface area contributed by atoms with Gasteiger partial charge in [0.05, 0.1) is 6.10 Å². The molecule has 0 radical (unpaired) electrons. The van der Waals surface area contributed by atoms with Gasteiger partial charge in [0.25, 0.3) is 0 Å².